The number of unbranched alkanes of at least 4 members (excludes halogenated alkanes) is 18. The van der Waals surface area contributed by atoms with E-state index < -0.39 is 8.60 Å². The predicted octanol–water partition coefficient (Wildman–Crippen LogP) is 15.8. The molecule has 0 aliphatic rings. The Balaban J connectivity index is 1.15. The Morgan fingerprint density at radius 2 is 0.519 bits per heavy atom. The Morgan fingerprint density at radius 1 is 0.288 bits per heavy atom. The van der Waals surface area contributed by atoms with Gasteiger partial charge in [0.05, 0.1) is 19.8 Å². The van der Waals surface area contributed by atoms with Crippen LogP contribution in [0.1, 0.15) is 135 Å². The third-order valence-corrected chi connectivity index (χ3v) is 13.5. The van der Waals surface area contributed by atoms with Crippen molar-refractivity contribution >= 4 is 43.9 Å². The van der Waals surface area contributed by atoms with E-state index in [-0.39, 0.29) is 0 Å². The minimum Gasteiger partial charge on any atom is -0.312 e. The van der Waals surface area contributed by atoms with Gasteiger partial charge in [0.25, 0.3) is 0 Å². The molecule has 0 spiro atoms. The summed E-state index contributed by atoms with van der Waals surface area (Å²) in [6.45, 7) is 2.26. The second kappa shape index (κ2) is 34.5. The molecule has 290 valence electrons. The van der Waals surface area contributed by atoms with E-state index in [1.807, 2.05) is 35.3 Å². The molecule has 3 rings (SSSR count). The van der Waals surface area contributed by atoms with Crippen LogP contribution in [0.15, 0.2) is 106 Å². The van der Waals surface area contributed by atoms with E-state index in [1.54, 1.807) is 0 Å². The molecule has 0 radical (unpaired) electrons. The van der Waals surface area contributed by atoms with E-state index in [0.717, 1.165) is 39.1 Å². The fraction of sp³-hybridized carbons (Fsp3) is 0.600. The summed E-state index contributed by atoms with van der Waals surface area (Å²) < 4.78 is 18.6. The second-order valence-electron chi connectivity index (χ2n) is 13.6. The largest absolute Gasteiger partial charge is 0.332 e. The molecule has 52 heavy (non-hydrogen) atoms. The van der Waals surface area contributed by atoms with Gasteiger partial charge in [-0.15, -0.1) is 35.3 Å². The molecule has 0 aromatic heterocycles. The fourth-order valence-corrected chi connectivity index (χ4v) is 9.77. The SMILES string of the molecule is c1ccc(SCCCCCCCCCOP(OCCCCCCCCCSc2ccccc2)OCCCCCCCCCSc2ccccc2)cc1. The Labute approximate surface area is 333 Å². The molecule has 7 heteroatoms. The van der Waals surface area contributed by atoms with E-state index >= 15 is 0 Å². The molecule has 0 fully saturated rings. The molecule has 0 unspecified atom stereocenters. The van der Waals surface area contributed by atoms with Gasteiger partial charge in [-0.25, -0.2) is 0 Å². The highest BCUT2D eigenvalue weighted by molar-refractivity contribution is 7.99. The first kappa shape index (κ1) is 45.4. The first-order valence-electron chi connectivity index (χ1n) is 20.6. The average molecular weight is 785 g/mol. The monoisotopic (exact) mass is 784 g/mol. The summed E-state index contributed by atoms with van der Waals surface area (Å²) in [5.74, 6) is 3.68. The zero-order chi connectivity index (χ0) is 36.3. The molecular weight excluding hydrogens is 716 g/mol. The quantitative estimate of drug-likeness (QED) is 0.0331. The highest BCUT2D eigenvalue weighted by Gasteiger charge is 2.12. The smallest absolute Gasteiger partial charge is 0.312 e. The lowest BCUT2D eigenvalue weighted by molar-refractivity contribution is 0.153. The van der Waals surface area contributed by atoms with Gasteiger partial charge in [0.1, 0.15) is 0 Å². The summed E-state index contributed by atoms with van der Waals surface area (Å²) in [5.41, 5.74) is 0. The normalized spacial score (nSPS) is 11.5. The minimum atomic E-state index is -1.23. The van der Waals surface area contributed by atoms with Crippen LogP contribution in [0.5, 0.6) is 0 Å². The Bertz CT molecular complexity index is 1010. The molecule has 0 aliphatic carbocycles. The Morgan fingerprint density at radius 3 is 0.788 bits per heavy atom. The maximum Gasteiger partial charge on any atom is 0.332 e. The van der Waals surface area contributed by atoms with Crippen molar-refractivity contribution in [3.05, 3.63) is 91.0 Å². The summed E-state index contributed by atoms with van der Waals surface area (Å²) >= 11 is 5.95. The molecule has 3 aromatic carbocycles. The van der Waals surface area contributed by atoms with E-state index in [4.69, 9.17) is 13.6 Å². The Hall–Kier alpha value is -0.980. The first-order chi connectivity index (χ1) is 25.9. The van der Waals surface area contributed by atoms with Crippen LogP contribution in [-0.2, 0) is 13.6 Å². The molecule has 0 saturated carbocycles. The van der Waals surface area contributed by atoms with Gasteiger partial charge >= 0.3 is 8.60 Å². The van der Waals surface area contributed by atoms with Crippen molar-refractivity contribution in [1.29, 1.82) is 0 Å². The van der Waals surface area contributed by atoms with Gasteiger partial charge in [0.2, 0.25) is 0 Å². The summed E-state index contributed by atoms with van der Waals surface area (Å²) in [6.07, 6.45) is 26.9. The zero-order valence-corrected chi connectivity index (χ0v) is 35.5. The highest BCUT2D eigenvalue weighted by atomic mass is 32.2. The molecule has 0 aliphatic heterocycles. The van der Waals surface area contributed by atoms with Crippen molar-refractivity contribution in [2.75, 3.05) is 37.1 Å². The summed E-state index contributed by atoms with van der Waals surface area (Å²) in [4.78, 5) is 4.17. The van der Waals surface area contributed by atoms with Crippen LogP contribution >= 0.6 is 43.9 Å². The van der Waals surface area contributed by atoms with Crippen LogP contribution < -0.4 is 0 Å². The second-order valence-corrected chi connectivity index (χ2v) is 18.4. The fourth-order valence-electron chi connectivity index (χ4n) is 5.91. The summed E-state index contributed by atoms with van der Waals surface area (Å²) in [7, 11) is -1.23. The van der Waals surface area contributed by atoms with Crippen LogP contribution in [0.3, 0.4) is 0 Å². The van der Waals surface area contributed by atoms with Gasteiger partial charge < -0.3 is 13.6 Å². The lowest BCUT2D eigenvalue weighted by Gasteiger charge is -2.17. The van der Waals surface area contributed by atoms with Gasteiger partial charge in [-0.3, -0.25) is 0 Å². The van der Waals surface area contributed by atoms with Crippen LogP contribution in [0, 0.1) is 0 Å². The highest BCUT2D eigenvalue weighted by Crippen LogP contribution is 2.40. The molecule has 0 amide bonds. The first-order valence-corrected chi connectivity index (χ1v) is 24.7. The number of rotatable bonds is 36. The maximum atomic E-state index is 6.19. The molecule has 0 heterocycles. The molecule has 0 atom stereocenters. The van der Waals surface area contributed by atoms with Crippen molar-refractivity contribution in [2.24, 2.45) is 0 Å². The molecule has 3 aromatic rings. The van der Waals surface area contributed by atoms with Gasteiger partial charge in [-0.1, -0.05) is 151 Å². The molecule has 0 saturated heterocycles. The van der Waals surface area contributed by atoms with Crippen molar-refractivity contribution < 1.29 is 13.6 Å². The van der Waals surface area contributed by atoms with Gasteiger partial charge in [-0.2, -0.15) is 0 Å². The van der Waals surface area contributed by atoms with Crippen LogP contribution in [0.4, 0.5) is 0 Å². The number of thioether (sulfide) groups is 3. The predicted molar refractivity (Wildman–Crippen MR) is 233 cm³/mol. The summed E-state index contributed by atoms with van der Waals surface area (Å²) in [6, 6.07) is 32.3. The third kappa shape index (κ3) is 26.7. The molecule has 0 bridgehead atoms. The van der Waals surface area contributed by atoms with E-state index in [0.29, 0.717) is 0 Å². The van der Waals surface area contributed by atoms with Crippen molar-refractivity contribution in [1.82, 2.24) is 0 Å². The third-order valence-electron chi connectivity index (χ3n) is 8.99. The van der Waals surface area contributed by atoms with Crippen LogP contribution in [-0.4, -0.2) is 37.1 Å². The maximum absolute atomic E-state index is 6.19. The topological polar surface area (TPSA) is 27.7 Å². The summed E-state index contributed by atoms with van der Waals surface area (Å²) in [5, 5.41) is 0. The van der Waals surface area contributed by atoms with E-state index in [1.165, 1.54) is 148 Å². The van der Waals surface area contributed by atoms with Gasteiger partial charge in [0.15, 0.2) is 0 Å². The number of hydrogen-bond acceptors (Lipinski definition) is 6. The lowest BCUT2D eigenvalue weighted by Crippen LogP contribution is -2.01. The van der Waals surface area contributed by atoms with Gasteiger partial charge in [-0.05, 0) is 92.2 Å². The standard InChI is InChI=1S/C45H69O3PS3/c1(7-13-28-40-50-43-31-19-16-20-32-43)4-10-25-37-46-49(47-38-26-11-5-2-8-14-29-41-51-44-33-21-17-22-34-44)48-39-27-12-6-3-9-15-30-42-52-45-35-23-18-24-36-45/h16-24,31-36H,1-15,25-30,37-42H2. The number of hydrogen-bond donors (Lipinski definition) is 0. The zero-order valence-electron chi connectivity index (χ0n) is 32.1. The molecular formula is C45H69O3PS3. The van der Waals surface area contributed by atoms with Crippen LogP contribution in [0.2, 0.25) is 0 Å². The molecule has 3 nitrogen and oxygen atoms in total. The van der Waals surface area contributed by atoms with Gasteiger partial charge in [0, 0.05) is 14.7 Å². The Kier molecular flexibility index (Phi) is 30.1. The number of benzene rings is 3. The lowest BCUT2D eigenvalue weighted by atomic mass is 10.1. The van der Waals surface area contributed by atoms with E-state index in [9.17, 15) is 0 Å². The minimum absolute atomic E-state index is 0.754. The van der Waals surface area contributed by atoms with Crippen molar-refractivity contribution in [3.63, 3.8) is 0 Å². The average Bonchev–Trinajstić information content (AvgIpc) is 3.19. The molecule has 0 N–H and O–H groups in total. The van der Waals surface area contributed by atoms with Crippen molar-refractivity contribution in [2.45, 2.75) is 150 Å². The van der Waals surface area contributed by atoms with Crippen molar-refractivity contribution in [3.8, 4) is 0 Å². The van der Waals surface area contributed by atoms with E-state index in [2.05, 4.69) is 91.0 Å². The van der Waals surface area contributed by atoms with Crippen LogP contribution in [0.25, 0.3) is 0 Å².